The zero-order chi connectivity index (χ0) is 18.7. The van der Waals surface area contributed by atoms with Gasteiger partial charge in [0.1, 0.15) is 17.4 Å². The Morgan fingerprint density at radius 2 is 2.23 bits per heavy atom. The summed E-state index contributed by atoms with van der Waals surface area (Å²) in [6.07, 6.45) is 3.43. The van der Waals surface area contributed by atoms with E-state index < -0.39 is 11.9 Å². The van der Waals surface area contributed by atoms with Crippen LogP contribution < -0.4 is 5.73 Å². The van der Waals surface area contributed by atoms with Gasteiger partial charge < -0.3 is 15.2 Å². The first-order chi connectivity index (χ1) is 12.6. The zero-order valence-corrected chi connectivity index (χ0v) is 14.4. The number of nitrogens with zero attached hydrogens (tertiary/aromatic N) is 2. The Labute approximate surface area is 150 Å². The van der Waals surface area contributed by atoms with E-state index in [9.17, 15) is 10.1 Å². The highest BCUT2D eigenvalue weighted by molar-refractivity contribution is 5.93. The third kappa shape index (κ3) is 2.93. The average Bonchev–Trinajstić information content (AvgIpc) is 3.15. The van der Waals surface area contributed by atoms with Crippen LogP contribution in [0.2, 0.25) is 0 Å². The molecule has 0 radical (unpaired) electrons. The van der Waals surface area contributed by atoms with Crippen molar-refractivity contribution in [3.8, 4) is 17.2 Å². The Balaban J connectivity index is 2.23. The molecule has 26 heavy (non-hydrogen) atoms. The summed E-state index contributed by atoms with van der Waals surface area (Å²) in [5, 5.41) is 16.4. The van der Waals surface area contributed by atoms with Gasteiger partial charge in [0.2, 0.25) is 5.88 Å². The summed E-state index contributed by atoms with van der Waals surface area (Å²) < 4.78 is 10.6. The SMILES string of the molecule is CCOC(=O)C1=C(C)OC(N)=C(C#N)C1c1ccccc1-c1cn[nH]c1. The zero-order valence-electron chi connectivity index (χ0n) is 14.4. The Hall–Kier alpha value is -3.53. The minimum Gasteiger partial charge on any atom is -0.463 e. The highest BCUT2D eigenvalue weighted by Crippen LogP contribution is 2.42. The molecule has 3 rings (SSSR count). The summed E-state index contributed by atoms with van der Waals surface area (Å²) in [7, 11) is 0. The first-order valence-electron chi connectivity index (χ1n) is 8.12. The molecule has 1 atom stereocenters. The molecule has 1 unspecified atom stereocenters. The van der Waals surface area contributed by atoms with Crippen LogP contribution in [0.3, 0.4) is 0 Å². The molecule has 1 aromatic heterocycles. The van der Waals surface area contributed by atoms with Gasteiger partial charge in [-0.1, -0.05) is 24.3 Å². The predicted octanol–water partition coefficient (Wildman–Crippen LogP) is 2.72. The topological polar surface area (TPSA) is 114 Å². The maximum Gasteiger partial charge on any atom is 0.338 e. The van der Waals surface area contributed by atoms with E-state index in [4.69, 9.17) is 15.2 Å². The number of benzene rings is 1. The number of allylic oxidation sites excluding steroid dienone is 2. The highest BCUT2D eigenvalue weighted by Gasteiger charge is 2.37. The fourth-order valence-electron chi connectivity index (χ4n) is 3.08. The minimum atomic E-state index is -0.682. The monoisotopic (exact) mass is 350 g/mol. The van der Waals surface area contributed by atoms with Crippen LogP contribution in [0.15, 0.2) is 59.4 Å². The summed E-state index contributed by atoms with van der Waals surface area (Å²) in [5.41, 5.74) is 8.81. The van der Waals surface area contributed by atoms with Gasteiger partial charge in [0.15, 0.2) is 0 Å². The summed E-state index contributed by atoms with van der Waals surface area (Å²) in [6, 6.07) is 9.57. The number of aromatic nitrogens is 2. The van der Waals surface area contributed by atoms with E-state index in [-0.39, 0.29) is 23.6 Å². The van der Waals surface area contributed by atoms with Gasteiger partial charge in [-0.05, 0) is 25.0 Å². The molecular weight excluding hydrogens is 332 g/mol. The predicted molar refractivity (Wildman–Crippen MR) is 94.0 cm³/mol. The lowest BCUT2D eigenvalue weighted by Crippen LogP contribution is -2.25. The summed E-state index contributed by atoms with van der Waals surface area (Å²) in [6.45, 7) is 3.58. The number of nitriles is 1. The molecule has 2 aromatic rings. The standard InChI is InChI=1S/C19H18N4O3/c1-3-25-19(24)16-11(2)26-18(21)15(8-20)17(16)14-7-5-4-6-13(14)12-9-22-23-10-12/h4-7,9-10,17H,3,21H2,1-2H3,(H,22,23). The lowest BCUT2D eigenvalue weighted by atomic mass is 9.80. The number of nitrogens with one attached hydrogen (secondary N) is 1. The molecule has 2 heterocycles. The number of carbonyl (C=O) groups excluding carboxylic acids is 1. The van der Waals surface area contributed by atoms with Crippen molar-refractivity contribution in [2.45, 2.75) is 19.8 Å². The number of hydrogen-bond donors (Lipinski definition) is 2. The average molecular weight is 350 g/mol. The molecule has 132 valence electrons. The second-order valence-electron chi connectivity index (χ2n) is 5.69. The number of aromatic amines is 1. The second kappa shape index (κ2) is 7.15. The van der Waals surface area contributed by atoms with E-state index in [0.717, 1.165) is 16.7 Å². The molecule has 1 aromatic carbocycles. The van der Waals surface area contributed by atoms with Crippen molar-refractivity contribution in [1.29, 1.82) is 5.26 Å². The van der Waals surface area contributed by atoms with Gasteiger partial charge in [0.25, 0.3) is 0 Å². The van der Waals surface area contributed by atoms with Gasteiger partial charge >= 0.3 is 5.97 Å². The number of ether oxygens (including phenoxy) is 2. The minimum absolute atomic E-state index is 0.00922. The normalized spacial score (nSPS) is 16.9. The molecule has 3 N–H and O–H groups in total. The Bertz CT molecular complexity index is 936. The van der Waals surface area contributed by atoms with Crippen LogP contribution in [-0.2, 0) is 14.3 Å². The molecule has 0 aliphatic carbocycles. The van der Waals surface area contributed by atoms with Crippen molar-refractivity contribution >= 4 is 5.97 Å². The molecule has 1 aliphatic heterocycles. The molecule has 0 fully saturated rings. The lowest BCUT2D eigenvalue weighted by Gasteiger charge is -2.28. The van der Waals surface area contributed by atoms with Gasteiger partial charge in [-0.3, -0.25) is 5.10 Å². The summed E-state index contributed by atoms with van der Waals surface area (Å²) in [5.74, 6) is -0.895. The molecule has 0 amide bonds. The molecule has 0 spiro atoms. The van der Waals surface area contributed by atoms with Gasteiger partial charge in [-0.15, -0.1) is 0 Å². The van der Waals surface area contributed by atoms with Gasteiger partial charge in [0, 0.05) is 11.8 Å². The van der Waals surface area contributed by atoms with E-state index in [0.29, 0.717) is 5.76 Å². The van der Waals surface area contributed by atoms with Crippen molar-refractivity contribution in [3.05, 3.63) is 65.0 Å². The fraction of sp³-hybridized carbons (Fsp3) is 0.211. The van der Waals surface area contributed by atoms with E-state index in [2.05, 4.69) is 16.3 Å². The number of carbonyl (C=O) groups is 1. The molecular formula is C19H18N4O3. The van der Waals surface area contributed by atoms with Crippen molar-refractivity contribution in [3.63, 3.8) is 0 Å². The van der Waals surface area contributed by atoms with Crippen LogP contribution in [0.4, 0.5) is 0 Å². The summed E-state index contributed by atoms with van der Waals surface area (Å²) >= 11 is 0. The number of hydrogen-bond acceptors (Lipinski definition) is 6. The first-order valence-corrected chi connectivity index (χ1v) is 8.12. The number of nitrogens with two attached hydrogens (primary N) is 1. The van der Waals surface area contributed by atoms with Crippen LogP contribution in [0.25, 0.3) is 11.1 Å². The largest absolute Gasteiger partial charge is 0.463 e. The van der Waals surface area contributed by atoms with Crippen molar-refractivity contribution < 1.29 is 14.3 Å². The third-order valence-electron chi connectivity index (χ3n) is 4.18. The smallest absolute Gasteiger partial charge is 0.338 e. The van der Waals surface area contributed by atoms with Crippen molar-refractivity contribution in [2.24, 2.45) is 5.73 Å². The molecule has 7 heteroatoms. The maximum atomic E-state index is 12.6. The number of H-pyrrole nitrogens is 1. The molecule has 0 saturated heterocycles. The fourth-order valence-corrected chi connectivity index (χ4v) is 3.08. The number of esters is 1. The number of rotatable bonds is 4. The van der Waals surface area contributed by atoms with E-state index in [1.54, 1.807) is 26.2 Å². The second-order valence-corrected chi connectivity index (χ2v) is 5.69. The molecule has 7 nitrogen and oxygen atoms in total. The Kier molecular flexibility index (Phi) is 4.76. The summed E-state index contributed by atoms with van der Waals surface area (Å²) in [4.78, 5) is 12.6. The van der Waals surface area contributed by atoms with Crippen LogP contribution in [0.1, 0.15) is 25.3 Å². The van der Waals surface area contributed by atoms with Crippen LogP contribution in [0, 0.1) is 11.3 Å². The molecule has 0 bridgehead atoms. The molecule has 1 aliphatic rings. The van der Waals surface area contributed by atoms with Gasteiger partial charge in [0.05, 0.1) is 24.3 Å². The Morgan fingerprint density at radius 3 is 2.88 bits per heavy atom. The Morgan fingerprint density at radius 1 is 1.46 bits per heavy atom. The first kappa shape index (κ1) is 17.3. The van der Waals surface area contributed by atoms with E-state index in [1.807, 2.05) is 24.3 Å². The highest BCUT2D eigenvalue weighted by atomic mass is 16.5. The van der Waals surface area contributed by atoms with Crippen LogP contribution in [-0.4, -0.2) is 22.8 Å². The quantitative estimate of drug-likeness (QED) is 0.820. The maximum absolute atomic E-state index is 12.6. The van der Waals surface area contributed by atoms with Gasteiger partial charge in [-0.25, -0.2) is 4.79 Å². The van der Waals surface area contributed by atoms with E-state index >= 15 is 0 Å². The van der Waals surface area contributed by atoms with Gasteiger partial charge in [-0.2, -0.15) is 10.4 Å². The third-order valence-corrected chi connectivity index (χ3v) is 4.18. The van der Waals surface area contributed by atoms with Crippen molar-refractivity contribution in [2.75, 3.05) is 6.61 Å². The lowest BCUT2D eigenvalue weighted by molar-refractivity contribution is -0.139. The van der Waals surface area contributed by atoms with Crippen LogP contribution >= 0.6 is 0 Å². The van der Waals surface area contributed by atoms with E-state index in [1.165, 1.54) is 0 Å². The molecule has 0 saturated carbocycles. The van der Waals surface area contributed by atoms with Crippen molar-refractivity contribution in [1.82, 2.24) is 10.2 Å². The van der Waals surface area contributed by atoms with Crippen LogP contribution in [0.5, 0.6) is 0 Å².